The van der Waals surface area contributed by atoms with Gasteiger partial charge in [-0.1, -0.05) is 47.5 Å². The summed E-state index contributed by atoms with van der Waals surface area (Å²) in [6.07, 6.45) is 0.198. The van der Waals surface area contributed by atoms with E-state index in [4.69, 9.17) is 37.7 Å². The van der Waals surface area contributed by atoms with E-state index in [9.17, 15) is 4.79 Å². The molecule has 2 aromatic heterocycles. The van der Waals surface area contributed by atoms with E-state index in [0.717, 1.165) is 44.0 Å². The highest BCUT2D eigenvalue weighted by Crippen LogP contribution is 2.32. The molecule has 0 atom stereocenters. The highest BCUT2D eigenvalue weighted by molar-refractivity contribution is 7.13. The molecule has 5 aromatic rings. The maximum atomic E-state index is 12.5. The van der Waals surface area contributed by atoms with E-state index < -0.39 is 0 Å². The molecule has 0 saturated heterocycles. The van der Waals surface area contributed by atoms with Gasteiger partial charge in [-0.2, -0.15) is 0 Å². The SMILES string of the molecule is CCOC(=O)Cc1c(C)n(Cc2ccc(Cl)cc2)c2ccc(OCc3csc(-c4ccc(Cl)cc4)n3)cc12. The van der Waals surface area contributed by atoms with Gasteiger partial charge in [0.05, 0.1) is 18.7 Å². The van der Waals surface area contributed by atoms with Crippen LogP contribution in [0.25, 0.3) is 21.5 Å². The minimum absolute atomic E-state index is 0.198. The molecule has 5 nitrogen and oxygen atoms in total. The number of benzene rings is 3. The number of carbonyl (C=O) groups excluding carboxylic acids is 1. The number of esters is 1. The van der Waals surface area contributed by atoms with Crippen LogP contribution in [0.1, 0.15) is 29.4 Å². The zero-order valence-electron chi connectivity index (χ0n) is 21.0. The van der Waals surface area contributed by atoms with Gasteiger partial charge < -0.3 is 14.0 Å². The zero-order chi connectivity index (χ0) is 26.6. The van der Waals surface area contributed by atoms with E-state index in [1.54, 1.807) is 11.3 Å². The van der Waals surface area contributed by atoms with Crippen molar-refractivity contribution in [3.63, 3.8) is 0 Å². The summed E-state index contributed by atoms with van der Waals surface area (Å²) in [6, 6.07) is 21.5. The molecule has 194 valence electrons. The molecule has 0 radical (unpaired) electrons. The second-order valence-corrected chi connectivity index (χ2v) is 10.6. The maximum Gasteiger partial charge on any atom is 0.310 e. The van der Waals surface area contributed by atoms with Crippen LogP contribution in [0.5, 0.6) is 5.75 Å². The molecule has 0 aliphatic carbocycles. The Morgan fingerprint density at radius 2 is 1.71 bits per heavy atom. The Labute approximate surface area is 235 Å². The number of ether oxygens (including phenoxy) is 2. The van der Waals surface area contributed by atoms with E-state index >= 15 is 0 Å². The van der Waals surface area contributed by atoms with Crippen molar-refractivity contribution in [1.29, 1.82) is 0 Å². The van der Waals surface area contributed by atoms with Crippen molar-refractivity contribution >= 4 is 51.4 Å². The van der Waals surface area contributed by atoms with Crippen LogP contribution in [0.2, 0.25) is 10.0 Å². The van der Waals surface area contributed by atoms with Crippen LogP contribution < -0.4 is 4.74 Å². The molecule has 8 heteroatoms. The monoisotopic (exact) mass is 564 g/mol. The lowest BCUT2D eigenvalue weighted by molar-refractivity contribution is -0.142. The fourth-order valence-corrected chi connectivity index (χ4v) is 5.49. The van der Waals surface area contributed by atoms with Crippen molar-refractivity contribution in [2.45, 2.75) is 33.4 Å². The van der Waals surface area contributed by atoms with Crippen molar-refractivity contribution < 1.29 is 14.3 Å². The van der Waals surface area contributed by atoms with Gasteiger partial charge in [-0.25, -0.2) is 4.98 Å². The second kappa shape index (κ2) is 11.6. The van der Waals surface area contributed by atoms with Crippen LogP contribution in [0, 0.1) is 6.92 Å². The summed E-state index contributed by atoms with van der Waals surface area (Å²) >= 11 is 13.7. The number of fused-ring (bicyclic) bond motifs is 1. The van der Waals surface area contributed by atoms with Crippen molar-refractivity contribution in [2.24, 2.45) is 0 Å². The summed E-state index contributed by atoms with van der Waals surface area (Å²) in [4.78, 5) is 17.2. The van der Waals surface area contributed by atoms with Gasteiger partial charge >= 0.3 is 5.97 Å². The number of carbonyl (C=O) groups is 1. The molecule has 0 unspecified atom stereocenters. The number of halogens is 2. The Morgan fingerprint density at radius 1 is 1.00 bits per heavy atom. The fourth-order valence-electron chi connectivity index (χ4n) is 4.43. The number of nitrogens with zero attached hydrogens (tertiary/aromatic N) is 2. The average molecular weight is 566 g/mol. The van der Waals surface area contributed by atoms with Gasteiger partial charge in [-0.3, -0.25) is 4.79 Å². The number of thiazole rings is 1. The van der Waals surface area contributed by atoms with E-state index in [0.29, 0.717) is 35.6 Å². The molecule has 5 rings (SSSR count). The standard InChI is InChI=1S/C30H26Cl2N2O3S/c1-3-36-29(35)15-26-19(2)34(16-20-4-8-22(31)9-5-20)28-13-12-25(14-27(26)28)37-17-24-18-38-30(33-24)21-6-10-23(32)11-7-21/h4-14,18H,3,15-17H2,1-2H3. The number of aromatic nitrogens is 2. The number of rotatable bonds is 9. The third kappa shape index (κ3) is 5.88. The normalized spacial score (nSPS) is 11.2. The van der Waals surface area contributed by atoms with Crippen LogP contribution in [-0.4, -0.2) is 22.1 Å². The molecule has 0 bridgehead atoms. The van der Waals surface area contributed by atoms with Crippen molar-refractivity contribution in [1.82, 2.24) is 9.55 Å². The molecule has 38 heavy (non-hydrogen) atoms. The molecule has 0 spiro atoms. The Bertz CT molecular complexity index is 1570. The summed E-state index contributed by atoms with van der Waals surface area (Å²) in [5, 5.41) is 5.29. The van der Waals surface area contributed by atoms with E-state index in [1.807, 2.05) is 86.0 Å². The zero-order valence-corrected chi connectivity index (χ0v) is 23.4. The molecule has 0 aliphatic heterocycles. The number of hydrogen-bond donors (Lipinski definition) is 0. The highest BCUT2D eigenvalue weighted by atomic mass is 35.5. The van der Waals surface area contributed by atoms with Gasteiger partial charge in [-0.05, 0) is 67.4 Å². The van der Waals surface area contributed by atoms with Crippen molar-refractivity contribution in [3.05, 3.63) is 105 Å². The third-order valence-corrected chi connectivity index (χ3v) is 7.78. The third-order valence-electron chi connectivity index (χ3n) is 6.34. The first-order valence-electron chi connectivity index (χ1n) is 12.3. The molecule has 3 aromatic carbocycles. The Morgan fingerprint density at radius 3 is 2.42 bits per heavy atom. The van der Waals surface area contributed by atoms with Gasteiger partial charge in [0.1, 0.15) is 17.4 Å². The first kappa shape index (κ1) is 26.3. The number of hydrogen-bond acceptors (Lipinski definition) is 5. The molecule has 0 amide bonds. The molecular formula is C30H26Cl2N2O3S. The maximum absolute atomic E-state index is 12.5. The predicted molar refractivity (Wildman–Crippen MR) is 154 cm³/mol. The Hall–Kier alpha value is -3.32. The smallest absolute Gasteiger partial charge is 0.310 e. The van der Waals surface area contributed by atoms with Crippen molar-refractivity contribution in [2.75, 3.05) is 6.61 Å². The van der Waals surface area contributed by atoms with Gasteiger partial charge in [0.15, 0.2) is 0 Å². The van der Waals surface area contributed by atoms with Crippen LogP contribution >= 0.6 is 34.5 Å². The predicted octanol–water partition coefficient (Wildman–Crippen LogP) is 8.11. The molecule has 0 fully saturated rings. The van der Waals surface area contributed by atoms with Crippen molar-refractivity contribution in [3.8, 4) is 16.3 Å². The Balaban J connectivity index is 1.41. The average Bonchev–Trinajstić information content (AvgIpc) is 3.48. The van der Waals surface area contributed by atoms with Gasteiger partial charge in [-0.15, -0.1) is 11.3 Å². The topological polar surface area (TPSA) is 53.4 Å². The molecular weight excluding hydrogens is 539 g/mol. The van der Waals surface area contributed by atoms with Gasteiger partial charge in [0, 0.05) is 44.1 Å². The van der Waals surface area contributed by atoms with E-state index in [-0.39, 0.29) is 12.4 Å². The summed E-state index contributed by atoms with van der Waals surface area (Å²) in [7, 11) is 0. The second-order valence-electron chi connectivity index (χ2n) is 8.88. The van der Waals surface area contributed by atoms with Gasteiger partial charge in [0.25, 0.3) is 0 Å². The molecule has 0 N–H and O–H groups in total. The quantitative estimate of drug-likeness (QED) is 0.170. The lowest BCUT2D eigenvalue weighted by atomic mass is 10.1. The van der Waals surface area contributed by atoms with E-state index in [1.165, 1.54) is 0 Å². The highest BCUT2D eigenvalue weighted by Gasteiger charge is 2.19. The summed E-state index contributed by atoms with van der Waals surface area (Å²) in [6.45, 7) is 5.21. The summed E-state index contributed by atoms with van der Waals surface area (Å²) < 4.78 is 13.6. The Kier molecular flexibility index (Phi) is 8.03. The fraction of sp³-hybridized carbons (Fsp3) is 0.200. The largest absolute Gasteiger partial charge is 0.487 e. The lowest BCUT2D eigenvalue weighted by Gasteiger charge is -2.10. The van der Waals surface area contributed by atoms with E-state index in [2.05, 4.69) is 4.57 Å². The first-order chi connectivity index (χ1) is 18.4. The first-order valence-corrected chi connectivity index (χ1v) is 13.9. The molecule has 0 saturated carbocycles. The minimum atomic E-state index is -0.246. The van der Waals surface area contributed by atoms with Crippen LogP contribution in [0.3, 0.4) is 0 Å². The van der Waals surface area contributed by atoms with Crippen LogP contribution in [-0.2, 0) is 29.1 Å². The summed E-state index contributed by atoms with van der Waals surface area (Å²) in [5.41, 5.74) is 5.99. The van der Waals surface area contributed by atoms with Crippen LogP contribution in [0.15, 0.2) is 72.1 Å². The molecule has 0 aliphatic rings. The van der Waals surface area contributed by atoms with Crippen LogP contribution in [0.4, 0.5) is 0 Å². The lowest BCUT2D eigenvalue weighted by Crippen LogP contribution is -2.09. The van der Waals surface area contributed by atoms with Gasteiger partial charge in [0.2, 0.25) is 0 Å². The molecule has 2 heterocycles. The summed E-state index contributed by atoms with van der Waals surface area (Å²) in [5.74, 6) is 0.469. The minimum Gasteiger partial charge on any atom is -0.487 e.